The van der Waals surface area contributed by atoms with Gasteiger partial charge in [0.1, 0.15) is 5.69 Å². The lowest BCUT2D eigenvalue weighted by atomic mass is 10.0. The van der Waals surface area contributed by atoms with E-state index in [1.165, 1.54) is 17.3 Å². The Morgan fingerprint density at radius 3 is 2.74 bits per heavy atom. The summed E-state index contributed by atoms with van der Waals surface area (Å²) in [6.07, 6.45) is 1.76. The van der Waals surface area contributed by atoms with Gasteiger partial charge in [-0.25, -0.2) is 9.78 Å². The van der Waals surface area contributed by atoms with E-state index in [1.807, 2.05) is 0 Å². The van der Waals surface area contributed by atoms with E-state index in [0.717, 1.165) is 32.5 Å². The van der Waals surface area contributed by atoms with Crippen molar-refractivity contribution < 1.29 is 32.6 Å². The van der Waals surface area contributed by atoms with Gasteiger partial charge in [0.05, 0.1) is 18.3 Å². The number of aliphatic carboxylic acids is 1. The molecule has 3 atom stereocenters. The standard InChI is InChI=1S/C17H20N4O2S.C2HF3O2/c22-17(13-9-18-5-6-19-13)20-14-11-21(10-12-3-2-8-24-12)15-4-1-7-23-16(14)15;3-2(4,5)1(6)7/h2-3,5-6,8-9,14-16H,1,4,7,10-11H2,(H,20,22);(H,6,7)/t14-,15-,16-;/m1./s1. The van der Waals surface area contributed by atoms with Crippen LogP contribution in [0.15, 0.2) is 36.1 Å². The fourth-order valence-electron chi connectivity index (χ4n) is 3.62. The molecule has 2 N–H and O–H groups in total. The molecule has 2 aromatic heterocycles. The molecule has 0 bridgehead atoms. The average Bonchev–Trinajstić information content (AvgIpc) is 3.37. The molecule has 0 spiro atoms. The van der Waals surface area contributed by atoms with Crippen molar-refractivity contribution in [2.45, 2.75) is 43.8 Å². The first-order chi connectivity index (χ1) is 14.8. The third kappa shape index (κ3) is 6.21. The van der Waals surface area contributed by atoms with E-state index >= 15 is 0 Å². The summed E-state index contributed by atoms with van der Waals surface area (Å²) in [4.78, 5) is 33.1. The zero-order valence-electron chi connectivity index (χ0n) is 16.3. The van der Waals surface area contributed by atoms with Crippen LogP contribution in [-0.4, -0.2) is 69.4 Å². The number of thiophene rings is 1. The van der Waals surface area contributed by atoms with Crippen molar-refractivity contribution in [1.29, 1.82) is 0 Å². The number of fused-ring (bicyclic) bond motifs is 1. The Kier molecular flexibility index (Phi) is 7.57. The van der Waals surface area contributed by atoms with Gasteiger partial charge in [-0.15, -0.1) is 11.3 Å². The predicted octanol–water partition coefficient (Wildman–Crippen LogP) is 2.33. The van der Waals surface area contributed by atoms with Gasteiger partial charge in [0.2, 0.25) is 0 Å². The van der Waals surface area contributed by atoms with Crippen LogP contribution in [0, 0.1) is 0 Å². The summed E-state index contributed by atoms with van der Waals surface area (Å²) in [5, 5.41) is 12.3. The Labute approximate surface area is 180 Å². The number of nitrogens with one attached hydrogen (secondary N) is 1. The summed E-state index contributed by atoms with van der Waals surface area (Å²) < 4.78 is 37.7. The topological polar surface area (TPSA) is 105 Å². The first-order valence-electron chi connectivity index (χ1n) is 9.50. The molecule has 4 rings (SSSR count). The highest BCUT2D eigenvalue weighted by atomic mass is 32.1. The largest absolute Gasteiger partial charge is 0.490 e. The number of rotatable bonds is 4. The molecule has 31 heavy (non-hydrogen) atoms. The van der Waals surface area contributed by atoms with Gasteiger partial charge in [0.25, 0.3) is 5.91 Å². The summed E-state index contributed by atoms with van der Waals surface area (Å²) in [6, 6.07) is 4.60. The van der Waals surface area contributed by atoms with Crippen LogP contribution < -0.4 is 5.32 Å². The molecule has 2 aliphatic heterocycles. The lowest BCUT2D eigenvalue weighted by Crippen LogP contribution is -2.47. The summed E-state index contributed by atoms with van der Waals surface area (Å²) in [5.41, 5.74) is 0.349. The highest BCUT2D eigenvalue weighted by molar-refractivity contribution is 7.09. The molecule has 0 aliphatic carbocycles. The molecular formula is C19H21F3N4O4S. The lowest BCUT2D eigenvalue weighted by Gasteiger charge is -2.32. The molecule has 0 unspecified atom stereocenters. The fourth-order valence-corrected chi connectivity index (χ4v) is 4.35. The Hall–Kier alpha value is -2.57. The minimum absolute atomic E-state index is 0.00947. The normalized spacial score (nSPS) is 23.4. The minimum Gasteiger partial charge on any atom is -0.475 e. The quantitative estimate of drug-likeness (QED) is 0.725. The number of nitrogens with zero attached hydrogens (tertiary/aromatic N) is 3. The number of ether oxygens (including phenoxy) is 1. The molecule has 2 fully saturated rings. The van der Waals surface area contributed by atoms with Crippen molar-refractivity contribution in [2.75, 3.05) is 13.2 Å². The van der Waals surface area contributed by atoms with Crippen molar-refractivity contribution >= 4 is 23.2 Å². The molecule has 1 amide bonds. The molecule has 168 valence electrons. The number of amides is 1. The fraction of sp³-hybridized carbons (Fsp3) is 0.474. The molecule has 4 heterocycles. The third-order valence-corrected chi connectivity index (χ3v) is 5.79. The zero-order chi connectivity index (χ0) is 22.4. The summed E-state index contributed by atoms with van der Waals surface area (Å²) >= 11 is 1.77. The first-order valence-corrected chi connectivity index (χ1v) is 10.4. The molecule has 0 saturated carbocycles. The van der Waals surface area contributed by atoms with Gasteiger partial charge in [-0.1, -0.05) is 6.07 Å². The van der Waals surface area contributed by atoms with Crippen molar-refractivity contribution in [3.05, 3.63) is 46.7 Å². The van der Waals surface area contributed by atoms with Gasteiger partial charge in [-0.05, 0) is 24.3 Å². The molecule has 2 aliphatic rings. The van der Waals surface area contributed by atoms with Crippen LogP contribution in [0.5, 0.6) is 0 Å². The number of alkyl halides is 3. The SMILES string of the molecule is O=C(N[C@@H]1CN(Cc2cccs2)[C@@H]2CCCO[C@@H]21)c1cnccn1.O=C(O)C(F)(F)F. The second-order valence-electron chi connectivity index (χ2n) is 7.03. The van der Waals surface area contributed by atoms with Crippen molar-refractivity contribution in [2.24, 2.45) is 0 Å². The molecule has 2 saturated heterocycles. The second kappa shape index (κ2) is 10.2. The van der Waals surface area contributed by atoms with Crippen LogP contribution in [0.4, 0.5) is 13.2 Å². The summed E-state index contributed by atoms with van der Waals surface area (Å²) in [5.74, 6) is -2.94. The number of carboxylic acid groups (broad SMARTS) is 1. The number of likely N-dealkylation sites (tertiary alicyclic amines) is 1. The monoisotopic (exact) mass is 458 g/mol. The highest BCUT2D eigenvalue weighted by Gasteiger charge is 2.44. The number of carbonyl (C=O) groups excluding carboxylic acids is 1. The van der Waals surface area contributed by atoms with Gasteiger partial charge >= 0.3 is 12.1 Å². The van der Waals surface area contributed by atoms with Gasteiger partial charge < -0.3 is 15.2 Å². The smallest absolute Gasteiger partial charge is 0.475 e. The van der Waals surface area contributed by atoms with Crippen LogP contribution in [0.3, 0.4) is 0 Å². The van der Waals surface area contributed by atoms with Crippen LogP contribution >= 0.6 is 11.3 Å². The van der Waals surface area contributed by atoms with Crippen molar-refractivity contribution in [1.82, 2.24) is 20.2 Å². The molecule has 0 radical (unpaired) electrons. The Bertz CT molecular complexity index is 867. The molecular weight excluding hydrogens is 437 g/mol. The zero-order valence-corrected chi connectivity index (χ0v) is 17.1. The van der Waals surface area contributed by atoms with Crippen LogP contribution in [0.25, 0.3) is 0 Å². The maximum atomic E-state index is 12.4. The highest BCUT2D eigenvalue weighted by Crippen LogP contribution is 2.31. The van der Waals surface area contributed by atoms with Crippen molar-refractivity contribution in [3.63, 3.8) is 0 Å². The molecule has 0 aromatic carbocycles. The van der Waals surface area contributed by atoms with E-state index in [2.05, 4.69) is 37.7 Å². The summed E-state index contributed by atoms with van der Waals surface area (Å²) in [7, 11) is 0. The minimum atomic E-state index is -5.08. The van der Waals surface area contributed by atoms with E-state index < -0.39 is 12.1 Å². The number of carboxylic acids is 1. The third-order valence-electron chi connectivity index (χ3n) is 4.92. The van der Waals surface area contributed by atoms with E-state index in [9.17, 15) is 18.0 Å². The van der Waals surface area contributed by atoms with Gasteiger partial charge in [-0.3, -0.25) is 14.7 Å². The Morgan fingerprint density at radius 1 is 1.35 bits per heavy atom. The lowest BCUT2D eigenvalue weighted by molar-refractivity contribution is -0.192. The Balaban J connectivity index is 0.000000339. The van der Waals surface area contributed by atoms with Gasteiger partial charge in [-0.2, -0.15) is 13.2 Å². The Morgan fingerprint density at radius 2 is 2.13 bits per heavy atom. The predicted molar refractivity (Wildman–Crippen MR) is 104 cm³/mol. The van der Waals surface area contributed by atoms with Crippen molar-refractivity contribution in [3.8, 4) is 0 Å². The number of aromatic nitrogens is 2. The van der Waals surface area contributed by atoms with E-state index in [4.69, 9.17) is 14.6 Å². The second-order valence-corrected chi connectivity index (χ2v) is 8.06. The van der Waals surface area contributed by atoms with Crippen LogP contribution in [0.2, 0.25) is 0 Å². The van der Waals surface area contributed by atoms with E-state index in [1.54, 1.807) is 17.5 Å². The van der Waals surface area contributed by atoms with Gasteiger partial charge in [0.15, 0.2) is 0 Å². The molecule has 2 aromatic rings. The number of halogens is 3. The van der Waals surface area contributed by atoms with Gasteiger partial charge in [0, 0.05) is 43.0 Å². The number of carbonyl (C=O) groups is 2. The summed E-state index contributed by atoms with van der Waals surface area (Å²) in [6.45, 7) is 2.49. The molecule has 8 nitrogen and oxygen atoms in total. The maximum Gasteiger partial charge on any atom is 0.490 e. The maximum absolute atomic E-state index is 12.4. The average molecular weight is 458 g/mol. The van der Waals surface area contributed by atoms with E-state index in [-0.39, 0.29) is 18.1 Å². The first kappa shape index (κ1) is 23.1. The number of hydrogen-bond donors (Lipinski definition) is 2. The van der Waals surface area contributed by atoms with E-state index in [0.29, 0.717) is 11.7 Å². The number of hydrogen-bond acceptors (Lipinski definition) is 7. The van der Waals surface area contributed by atoms with Crippen LogP contribution in [-0.2, 0) is 16.1 Å². The molecule has 12 heteroatoms. The van der Waals surface area contributed by atoms with Crippen LogP contribution in [0.1, 0.15) is 28.2 Å².